The monoisotopic (exact) mass is 338 g/mol. The first kappa shape index (κ1) is 14.4. The molecule has 2 aliphatic heterocycles. The Bertz CT molecular complexity index is 1050. The number of nitrogens with one attached hydrogen (secondary N) is 2. The van der Waals surface area contributed by atoms with Gasteiger partial charge in [0.25, 0.3) is 5.56 Å². The van der Waals surface area contributed by atoms with Crippen molar-refractivity contribution < 1.29 is 0 Å². The van der Waals surface area contributed by atoms with Gasteiger partial charge in [0.1, 0.15) is 5.69 Å². The van der Waals surface area contributed by atoms with Crippen molar-refractivity contribution >= 4 is 11.3 Å². The zero-order valence-corrected chi connectivity index (χ0v) is 13.6. The molecule has 8 nitrogen and oxygen atoms in total. The lowest BCUT2D eigenvalue weighted by molar-refractivity contribution is 0.468. The summed E-state index contributed by atoms with van der Waals surface area (Å²) in [5.74, 6) is 0. The number of nitrogens with zero attached hydrogens (tertiary/aromatic N) is 4. The number of hydrogen-bond donors (Lipinski definition) is 2. The zero-order valence-electron chi connectivity index (χ0n) is 13.6. The minimum atomic E-state index is -0.522. The summed E-state index contributed by atoms with van der Waals surface area (Å²) < 4.78 is 1.71. The van der Waals surface area contributed by atoms with Crippen molar-refractivity contribution in [2.24, 2.45) is 0 Å². The van der Waals surface area contributed by atoms with Gasteiger partial charge in [0, 0.05) is 30.7 Å². The fourth-order valence-corrected chi connectivity index (χ4v) is 4.33. The van der Waals surface area contributed by atoms with Gasteiger partial charge in [0.05, 0.1) is 11.3 Å². The molecular formula is C17H18N6O2. The van der Waals surface area contributed by atoms with E-state index < -0.39 is 11.2 Å². The van der Waals surface area contributed by atoms with Crippen LogP contribution in [0.15, 0.2) is 34.2 Å². The van der Waals surface area contributed by atoms with Crippen molar-refractivity contribution in [3.05, 3.63) is 45.5 Å². The number of hydrogen-bond acceptors (Lipinski definition) is 5. The number of aromatic nitrogens is 5. The highest BCUT2D eigenvalue weighted by Gasteiger charge is 2.38. The smallest absolute Gasteiger partial charge is 0.325 e. The predicted octanol–water partition coefficient (Wildman–Crippen LogP) is 1.29. The lowest BCUT2D eigenvalue weighted by Gasteiger charge is -2.36. The molecule has 0 aliphatic carbocycles. The summed E-state index contributed by atoms with van der Waals surface area (Å²) in [7, 11) is 0. The Labute approximate surface area is 142 Å². The number of imidazole rings is 1. The zero-order chi connectivity index (χ0) is 17.0. The molecule has 5 heterocycles. The molecule has 3 aromatic heterocycles. The normalized spacial score (nSPS) is 22.6. The molecule has 2 atom stereocenters. The molecule has 0 spiro atoms. The maximum absolute atomic E-state index is 12.2. The molecule has 128 valence electrons. The Kier molecular flexibility index (Phi) is 3.06. The average Bonchev–Trinajstić information content (AvgIpc) is 3.16. The van der Waals surface area contributed by atoms with Crippen molar-refractivity contribution in [3.8, 4) is 11.3 Å². The molecule has 2 aliphatic rings. The van der Waals surface area contributed by atoms with E-state index in [0.29, 0.717) is 23.3 Å². The van der Waals surface area contributed by atoms with Crippen LogP contribution in [0.4, 0.5) is 5.69 Å². The first-order chi connectivity index (χ1) is 12.2. The average molecular weight is 338 g/mol. The summed E-state index contributed by atoms with van der Waals surface area (Å²) in [6, 6.07) is 2.99. The number of anilines is 1. The summed E-state index contributed by atoms with van der Waals surface area (Å²) in [6.07, 6.45) is 11.0. The van der Waals surface area contributed by atoms with E-state index in [1.54, 1.807) is 16.9 Å². The molecule has 2 unspecified atom stereocenters. The van der Waals surface area contributed by atoms with Gasteiger partial charge < -0.3 is 9.88 Å². The van der Waals surface area contributed by atoms with Crippen LogP contribution in [0.2, 0.25) is 0 Å². The van der Waals surface area contributed by atoms with Crippen LogP contribution in [-0.4, -0.2) is 36.6 Å². The van der Waals surface area contributed by atoms with Crippen LogP contribution in [0.3, 0.4) is 0 Å². The van der Waals surface area contributed by atoms with Crippen molar-refractivity contribution in [2.45, 2.75) is 44.2 Å². The predicted molar refractivity (Wildman–Crippen MR) is 92.8 cm³/mol. The van der Waals surface area contributed by atoms with E-state index in [4.69, 9.17) is 0 Å². The lowest BCUT2D eigenvalue weighted by Crippen LogP contribution is -2.40. The summed E-state index contributed by atoms with van der Waals surface area (Å²) in [5.41, 5.74) is 1.75. The minimum Gasteiger partial charge on any atom is -0.362 e. The molecule has 0 saturated carbocycles. The summed E-state index contributed by atoms with van der Waals surface area (Å²) in [6.45, 7) is 0. The molecule has 2 bridgehead atoms. The van der Waals surface area contributed by atoms with Crippen molar-refractivity contribution in [2.75, 3.05) is 4.90 Å². The van der Waals surface area contributed by atoms with Gasteiger partial charge in [0.15, 0.2) is 5.65 Å². The Balaban J connectivity index is 1.72. The third-order valence-corrected chi connectivity index (χ3v) is 5.41. The Morgan fingerprint density at radius 3 is 2.68 bits per heavy atom. The highest BCUT2D eigenvalue weighted by Crippen LogP contribution is 2.41. The lowest BCUT2D eigenvalue weighted by atomic mass is 10.0. The fraction of sp³-hybridized carbons (Fsp3) is 0.412. The number of piperidine rings is 1. The molecule has 2 N–H and O–H groups in total. The molecule has 5 rings (SSSR count). The van der Waals surface area contributed by atoms with Gasteiger partial charge in [-0.3, -0.25) is 9.78 Å². The summed E-state index contributed by atoms with van der Waals surface area (Å²) in [5, 5.41) is 4.51. The SMILES string of the molecule is O=c1[nH]cc(-c2cc(N3C4CCCC3CC4)c3nccn3n2)c(=O)[nH]1. The van der Waals surface area contributed by atoms with Gasteiger partial charge in [-0.25, -0.2) is 14.3 Å². The van der Waals surface area contributed by atoms with Gasteiger partial charge in [-0.1, -0.05) is 0 Å². The van der Waals surface area contributed by atoms with Crippen LogP contribution < -0.4 is 16.1 Å². The Morgan fingerprint density at radius 1 is 1.12 bits per heavy atom. The molecule has 0 radical (unpaired) electrons. The van der Waals surface area contributed by atoms with Gasteiger partial charge in [-0.2, -0.15) is 5.10 Å². The van der Waals surface area contributed by atoms with E-state index >= 15 is 0 Å². The molecule has 2 fully saturated rings. The maximum Gasteiger partial charge on any atom is 0.325 e. The van der Waals surface area contributed by atoms with Crippen LogP contribution in [-0.2, 0) is 0 Å². The van der Waals surface area contributed by atoms with Crippen LogP contribution in [0.1, 0.15) is 32.1 Å². The molecule has 0 aromatic carbocycles. The van der Waals surface area contributed by atoms with E-state index in [9.17, 15) is 9.59 Å². The molecular weight excluding hydrogens is 320 g/mol. The second kappa shape index (κ2) is 5.30. The highest BCUT2D eigenvalue weighted by molar-refractivity contribution is 5.75. The minimum absolute atomic E-state index is 0.348. The second-order valence-electron chi connectivity index (χ2n) is 6.82. The Morgan fingerprint density at radius 2 is 1.92 bits per heavy atom. The van der Waals surface area contributed by atoms with E-state index in [1.165, 1.54) is 38.3 Å². The molecule has 3 aromatic rings. The topological polar surface area (TPSA) is 99.2 Å². The van der Waals surface area contributed by atoms with Gasteiger partial charge in [0.2, 0.25) is 0 Å². The number of fused-ring (bicyclic) bond motifs is 3. The number of rotatable bonds is 2. The van der Waals surface area contributed by atoms with Gasteiger partial charge in [-0.15, -0.1) is 0 Å². The van der Waals surface area contributed by atoms with Crippen LogP contribution >= 0.6 is 0 Å². The molecule has 0 amide bonds. The third kappa shape index (κ3) is 2.20. The van der Waals surface area contributed by atoms with Crippen molar-refractivity contribution in [3.63, 3.8) is 0 Å². The molecule has 25 heavy (non-hydrogen) atoms. The van der Waals surface area contributed by atoms with E-state index in [0.717, 1.165) is 11.3 Å². The first-order valence-corrected chi connectivity index (χ1v) is 8.66. The molecule has 2 saturated heterocycles. The van der Waals surface area contributed by atoms with Gasteiger partial charge >= 0.3 is 5.69 Å². The van der Waals surface area contributed by atoms with E-state index in [-0.39, 0.29) is 0 Å². The largest absolute Gasteiger partial charge is 0.362 e. The maximum atomic E-state index is 12.2. The van der Waals surface area contributed by atoms with E-state index in [1.807, 2.05) is 6.07 Å². The first-order valence-electron chi connectivity index (χ1n) is 8.66. The highest BCUT2D eigenvalue weighted by atomic mass is 16.2. The second-order valence-corrected chi connectivity index (χ2v) is 6.82. The summed E-state index contributed by atoms with van der Waals surface area (Å²) >= 11 is 0. The van der Waals surface area contributed by atoms with Crippen molar-refractivity contribution in [1.82, 2.24) is 24.6 Å². The van der Waals surface area contributed by atoms with Crippen molar-refractivity contribution in [1.29, 1.82) is 0 Å². The van der Waals surface area contributed by atoms with Crippen LogP contribution in [0.5, 0.6) is 0 Å². The fourth-order valence-electron chi connectivity index (χ4n) is 4.33. The van der Waals surface area contributed by atoms with Gasteiger partial charge in [-0.05, 0) is 38.2 Å². The van der Waals surface area contributed by atoms with E-state index in [2.05, 4.69) is 25.0 Å². The number of H-pyrrole nitrogens is 2. The van der Waals surface area contributed by atoms with Crippen LogP contribution in [0.25, 0.3) is 16.9 Å². The quantitative estimate of drug-likeness (QED) is 0.734. The summed E-state index contributed by atoms with van der Waals surface area (Å²) in [4.78, 5) is 35.2. The Hall–Kier alpha value is -2.90. The third-order valence-electron chi connectivity index (χ3n) is 5.41. The van der Waals surface area contributed by atoms with Crippen LogP contribution in [0, 0.1) is 0 Å². The molecule has 8 heteroatoms. The number of aromatic amines is 2. The standard InChI is InChI=1S/C17H18N6O2/c24-16-12(9-19-17(25)20-16)13-8-14(15-18-6-7-22(15)21-13)23-10-2-1-3-11(23)5-4-10/h6-11H,1-5H2,(H2,19,20,24,25).